The molecule has 0 bridgehead atoms. The Morgan fingerprint density at radius 3 is 2.62 bits per heavy atom. The van der Waals surface area contributed by atoms with Gasteiger partial charge in [-0.1, -0.05) is 6.07 Å². The second-order valence-electron chi connectivity index (χ2n) is 5.98. The highest BCUT2D eigenvalue weighted by Gasteiger charge is 2.31. The van der Waals surface area contributed by atoms with Crippen LogP contribution >= 0.6 is 0 Å². The number of anilines is 1. The highest BCUT2D eigenvalue weighted by atomic mass is 16.5. The van der Waals surface area contributed by atoms with E-state index in [0.29, 0.717) is 44.2 Å². The van der Waals surface area contributed by atoms with Gasteiger partial charge in [0.05, 0.1) is 7.11 Å². The summed E-state index contributed by atoms with van der Waals surface area (Å²) in [4.78, 5) is 28.2. The van der Waals surface area contributed by atoms with E-state index in [1.807, 2.05) is 18.2 Å². The second-order valence-corrected chi connectivity index (χ2v) is 5.98. The average molecular weight is 333 g/mol. The van der Waals surface area contributed by atoms with Crippen molar-refractivity contribution in [2.75, 3.05) is 45.2 Å². The van der Waals surface area contributed by atoms with Gasteiger partial charge >= 0.3 is 6.03 Å². The number of nitrogens with one attached hydrogen (secondary N) is 1. The average Bonchev–Trinajstić information content (AvgIpc) is 3.16. The van der Waals surface area contributed by atoms with Crippen molar-refractivity contribution in [1.29, 1.82) is 0 Å². The van der Waals surface area contributed by atoms with Gasteiger partial charge in [0.15, 0.2) is 0 Å². The zero-order valence-electron chi connectivity index (χ0n) is 13.9. The minimum atomic E-state index is -0.290. The molecule has 0 saturated carbocycles. The minimum Gasteiger partial charge on any atom is -0.497 e. The van der Waals surface area contributed by atoms with Crippen LogP contribution in [0.1, 0.15) is 12.8 Å². The van der Waals surface area contributed by atoms with E-state index in [4.69, 9.17) is 9.47 Å². The van der Waals surface area contributed by atoms with Crippen molar-refractivity contribution in [3.8, 4) is 5.75 Å². The van der Waals surface area contributed by atoms with Crippen LogP contribution in [0.2, 0.25) is 0 Å². The van der Waals surface area contributed by atoms with Crippen LogP contribution in [0.3, 0.4) is 0 Å². The molecule has 7 heteroatoms. The number of hydrogen-bond donors (Lipinski definition) is 1. The van der Waals surface area contributed by atoms with Crippen molar-refractivity contribution in [3.05, 3.63) is 24.3 Å². The number of nitrogens with zero attached hydrogens (tertiary/aromatic N) is 2. The van der Waals surface area contributed by atoms with Gasteiger partial charge in [0, 0.05) is 44.5 Å². The Balaban J connectivity index is 1.50. The monoisotopic (exact) mass is 333 g/mol. The van der Waals surface area contributed by atoms with Gasteiger partial charge in [-0.3, -0.25) is 4.79 Å². The summed E-state index contributed by atoms with van der Waals surface area (Å²) in [6, 6.07) is 7.08. The summed E-state index contributed by atoms with van der Waals surface area (Å²) >= 11 is 0. The molecule has 1 aromatic rings. The Morgan fingerprint density at radius 1 is 1.21 bits per heavy atom. The lowest BCUT2D eigenvalue weighted by Crippen LogP contribution is -2.53. The van der Waals surface area contributed by atoms with Crippen LogP contribution in [-0.2, 0) is 9.53 Å². The third kappa shape index (κ3) is 3.79. The number of urea groups is 1. The first-order valence-corrected chi connectivity index (χ1v) is 8.28. The highest BCUT2D eigenvalue weighted by molar-refractivity contribution is 5.90. The van der Waals surface area contributed by atoms with Crippen LogP contribution < -0.4 is 10.1 Å². The third-order valence-electron chi connectivity index (χ3n) is 4.40. The van der Waals surface area contributed by atoms with Gasteiger partial charge in [-0.25, -0.2) is 4.79 Å². The number of piperazine rings is 1. The molecule has 24 heavy (non-hydrogen) atoms. The van der Waals surface area contributed by atoms with Crippen LogP contribution in [0.25, 0.3) is 0 Å². The number of benzene rings is 1. The molecule has 0 radical (unpaired) electrons. The summed E-state index contributed by atoms with van der Waals surface area (Å²) in [6.45, 7) is 2.80. The van der Waals surface area contributed by atoms with E-state index in [1.54, 1.807) is 23.0 Å². The molecule has 3 rings (SSSR count). The number of rotatable bonds is 3. The summed E-state index contributed by atoms with van der Waals surface area (Å²) < 4.78 is 10.6. The first-order valence-electron chi connectivity index (χ1n) is 8.28. The number of methoxy groups -OCH3 is 1. The predicted octanol–water partition coefficient (Wildman–Crippen LogP) is 1.55. The maximum atomic E-state index is 12.3. The lowest BCUT2D eigenvalue weighted by molar-refractivity contribution is -0.142. The van der Waals surface area contributed by atoms with E-state index in [0.717, 1.165) is 12.8 Å². The molecule has 2 fully saturated rings. The summed E-state index contributed by atoms with van der Waals surface area (Å²) in [5, 5.41) is 2.86. The van der Waals surface area contributed by atoms with E-state index in [2.05, 4.69) is 5.32 Å². The first-order chi connectivity index (χ1) is 11.7. The molecule has 0 unspecified atom stereocenters. The lowest BCUT2D eigenvalue weighted by atomic mass is 10.2. The molecule has 7 nitrogen and oxygen atoms in total. The maximum Gasteiger partial charge on any atom is 0.321 e. The van der Waals surface area contributed by atoms with E-state index in [1.165, 1.54) is 0 Å². The molecule has 0 spiro atoms. The fraction of sp³-hybridized carbons (Fsp3) is 0.529. The number of hydrogen-bond acceptors (Lipinski definition) is 4. The largest absolute Gasteiger partial charge is 0.497 e. The number of amides is 3. The Hall–Kier alpha value is -2.28. The normalized spacial score (nSPS) is 20.8. The van der Waals surface area contributed by atoms with Crippen molar-refractivity contribution in [2.24, 2.45) is 0 Å². The molecule has 0 aromatic heterocycles. The predicted molar refractivity (Wildman–Crippen MR) is 89.1 cm³/mol. The summed E-state index contributed by atoms with van der Waals surface area (Å²) in [6.07, 6.45) is 1.46. The number of carbonyl (C=O) groups excluding carboxylic acids is 2. The van der Waals surface area contributed by atoms with Gasteiger partial charge in [-0.05, 0) is 25.0 Å². The first kappa shape index (κ1) is 16.6. The lowest BCUT2D eigenvalue weighted by Gasteiger charge is -2.35. The van der Waals surface area contributed by atoms with Gasteiger partial charge in [-0.15, -0.1) is 0 Å². The van der Waals surface area contributed by atoms with Gasteiger partial charge in [-0.2, -0.15) is 0 Å². The van der Waals surface area contributed by atoms with Crippen molar-refractivity contribution in [3.63, 3.8) is 0 Å². The quantitative estimate of drug-likeness (QED) is 0.911. The Morgan fingerprint density at radius 2 is 1.96 bits per heavy atom. The maximum absolute atomic E-state index is 12.3. The molecule has 1 N–H and O–H groups in total. The molecule has 0 aliphatic carbocycles. The van der Waals surface area contributed by atoms with Crippen LogP contribution in [0.15, 0.2) is 24.3 Å². The minimum absolute atomic E-state index is 0.0559. The summed E-state index contributed by atoms with van der Waals surface area (Å²) in [5.41, 5.74) is 0.692. The zero-order valence-corrected chi connectivity index (χ0v) is 13.9. The van der Waals surface area contributed by atoms with Gasteiger partial charge in [0.25, 0.3) is 5.91 Å². The molecule has 2 saturated heterocycles. The Kier molecular flexibility index (Phi) is 5.20. The smallest absolute Gasteiger partial charge is 0.321 e. The van der Waals surface area contributed by atoms with E-state index < -0.39 is 0 Å². The van der Waals surface area contributed by atoms with Crippen LogP contribution in [0.5, 0.6) is 5.75 Å². The molecular formula is C17H23N3O4. The molecule has 3 amide bonds. The fourth-order valence-electron chi connectivity index (χ4n) is 3.01. The molecule has 2 aliphatic rings. The van der Waals surface area contributed by atoms with E-state index >= 15 is 0 Å². The van der Waals surface area contributed by atoms with Gasteiger partial charge in [0.2, 0.25) is 0 Å². The SMILES string of the molecule is COc1cccc(NC(=O)N2CCN(C(=O)[C@H]3CCCO3)CC2)c1. The van der Waals surface area contributed by atoms with Crippen LogP contribution in [0, 0.1) is 0 Å². The fourth-order valence-corrected chi connectivity index (χ4v) is 3.01. The van der Waals surface area contributed by atoms with Crippen molar-refractivity contribution < 1.29 is 19.1 Å². The molecule has 130 valence electrons. The van der Waals surface area contributed by atoms with Crippen molar-refractivity contribution in [2.45, 2.75) is 18.9 Å². The topological polar surface area (TPSA) is 71.1 Å². The Bertz CT molecular complexity index is 593. The third-order valence-corrected chi connectivity index (χ3v) is 4.40. The number of carbonyl (C=O) groups is 2. The highest BCUT2D eigenvalue weighted by Crippen LogP contribution is 2.18. The molecule has 1 aromatic carbocycles. The molecule has 1 atom stereocenters. The molecule has 2 heterocycles. The van der Waals surface area contributed by atoms with E-state index in [9.17, 15) is 9.59 Å². The number of ether oxygens (including phenoxy) is 2. The molecule has 2 aliphatic heterocycles. The zero-order chi connectivity index (χ0) is 16.9. The second kappa shape index (κ2) is 7.53. The summed E-state index contributed by atoms with van der Waals surface area (Å²) in [7, 11) is 1.59. The van der Waals surface area contributed by atoms with Gasteiger partial charge < -0.3 is 24.6 Å². The Labute approximate surface area is 141 Å². The van der Waals surface area contributed by atoms with Gasteiger partial charge in [0.1, 0.15) is 11.9 Å². The van der Waals surface area contributed by atoms with Crippen molar-refractivity contribution in [1.82, 2.24) is 9.80 Å². The van der Waals surface area contributed by atoms with Crippen molar-refractivity contribution >= 4 is 17.6 Å². The van der Waals surface area contributed by atoms with E-state index in [-0.39, 0.29) is 18.0 Å². The van der Waals surface area contributed by atoms with Crippen LogP contribution in [0.4, 0.5) is 10.5 Å². The standard InChI is InChI=1S/C17H23N3O4/c1-23-14-5-2-4-13(12-14)18-17(22)20-9-7-19(8-10-20)16(21)15-6-3-11-24-15/h2,4-5,12,15H,3,6-11H2,1H3,(H,18,22)/t15-/m1/s1. The summed E-state index contributed by atoms with van der Waals surface area (Å²) in [5.74, 6) is 0.750. The van der Waals surface area contributed by atoms with Crippen LogP contribution in [-0.4, -0.2) is 67.7 Å². The molecular weight excluding hydrogens is 310 g/mol.